The molecule has 0 amide bonds. The van der Waals surface area contributed by atoms with Crippen LogP contribution in [0.15, 0.2) is 11.6 Å². The third-order valence-corrected chi connectivity index (χ3v) is 17.2. The molecular formula is C42H62O16. The second kappa shape index (κ2) is 14.3. The molecule has 58 heavy (non-hydrogen) atoms. The average molecular weight is 823 g/mol. The first-order valence-electron chi connectivity index (χ1n) is 20.7. The molecule has 16 heteroatoms. The molecule has 0 aromatic heterocycles. The number of rotatable bonds is 7. The van der Waals surface area contributed by atoms with Crippen molar-refractivity contribution < 1.29 is 79.0 Å². The lowest BCUT2D eigenvalue weighted by atomic mass is 9.33. The van der Waals surface area contributed by atoms with Gasteiger partial charge >= 0.3 is 17.9 Å². The molecule has 6 fully saturated rings. The molecule has 2 heterocycles. The zero-order valence-corrected chi connectivity index (χ0v) is 34.4. The number of carboxylic acids is 3. The van der Waals surface area contributed by atoms with E-state index >= 15 is 0 Å². The molecule has 2 aliphatic heterocycles. The van der Waals surface area contributed by atoms with E-state index in [0.29, 0.717) is 25.7 Å². The molecule has 7 aliphatic rings. The Morgan fingerprint density at radius 2 is 1.28 bits per heavy atom. The first kappa shape index (κ1) is 43.5. The van der Waals surface area contributed by atoms with Crippen molar-refractivity contribution in [3.8, 4) is 0 Å². The molecule has 19 atom stereocenters. The Hall–Kier alpha value is -2.54. The summed E-state index contributed by atoms with van der Waals surface area (Å²) < 4.78 is 23.4. The number of carbonyl (C=O) groups is 4. The Morgan fingerprint density at radius 1 is 0.690 bits per heavy atom. The van der Waals surface area contributed by atoms with Crippen LogP contribution in [-0.4, -0.2) is 132 Å². The van der Waals surface area contributed by atoms with Gasteiger partial charge in [-0.15, -0.1) is 0 Å². The fourth-order valence-corrected chi connectivity index (χ4v) is 13.4. The number of fused-ring (bicyclic) bond motifs is 7. The number of carbonyl (C=O) groups excluding carboxylic acids is 1. The first-order valence-corrected chi connectivity index (χ1v) is 20.7. The van der Waals surface area contributed by atoms with Crippen LogP contribution < -0.4 is 0 Å². The SMILES string of the molecule is CC1(C)[C@@H](O[C@@H]2O[C@@H](C(=O)O)[C@H](O)[C@@H](O)[C@@H]2O[C@H]2O[C@@H](C(=O)O)[C@H](O)[C@@H](O)[C@@H]2O)CC[C@@]2(C)[C@H]3C(=O)C=C4[C@H]5C[C@@](C)(C(=O)O)CC[C@]5(C)CC[C@@]4(C)[C@@]3(C)CC[C@@H]12. The lowest BCUT2D eigenvalue weighted by molar-refractivity contribution is -0.371. The summed E-state index contributed by atoms with van der Waals surface area (Å²) in [6.45, 7) is 14.8. The minimum atomic E-state index is -2.05. The van der Waals surface area contributed by atoms with E-state index in [2.05, 4.69) is 27.7 Å². The summed E-state index contributed by atoms with van der Waals surface area (Å²) in [5.41, 5.74) is -1.81. The highest BCUT2D eigenvalue weighted by atomic mass is 16.8. The Morgan fingerprint density at radius 3 is 1.88 bits per heavy atom. The summed E-state index contributed by atoms with van der Waals surface area (Å²) in [5, 5.41) is 83.0. The van der Waals surface area contributed by atoms with Crippen LogP contribution in [-0.2, 0) is 38.1 Å². The standard InChI is InChI=1S/C42H62O16/c1-37(2)21-8-11-42(7)31(20(43)16-18-19-17-39(4,36(53)54)13-12-38(19,3)14-15-41(18,42)6)40(21,5)10-9-22(37)55-35-30(26(47)25(46)29(57-35)33(51)52)58-34-27(48)23(44)24(45)28(56-34)32(49)50/h16,19,21-31,34-35,44-48H,8-15,17H2,1-7H3,(H,49,50)(H,51,52)(H,53,54)/t19-,21+,22+,23-,24-,25-,26-,27+,28-,29-,30+,31-,34-,35-,38-,39+,40-,41-,42+/m1/s1. The number of carboxylic acid groups (broad SMARTS) is 3. The van der Waals surface area contributed by atoms with E-state index in [1.165, 1.54) is 0 Å². The second-order valence-electron chi connectivity index (χ2n) is 20.6. The van der Waals surface area contributed by atoms with Gasteiger partial charge in [0.1, 0.15) is 36.6 Å². The number of allylic oxidation sites excluding steroid dienone is 2. The monoisotopic (exact) mass is 822 g/mol. The van der Waals surface area contributed by atoms with Gasteiger partial charge in [-0.05, 0) is 110 Å². The van der Waals surface area contributed by atoms with Gasteiger partial charge in [-0.3, -0.25) is 9.59 Å². The Bertz CT molecular complexity index is 1730. The van der Waals surface area contributed by atoms with Crippen LogP contribution in [0.3, 0.4) is 0 Å². The average Bonchev–Trinajstić information content (AvgIpc) is 3.13. The first-order chi connectivity index (χ1) is 26.8. The van der Waals surface area contributed by atoms with Gasteiger partial charge in [0.05, 0.1) is 11.5 Å². The van der Waals surface area contributed by atoms with Crippen LogP contribution in [0.1, 0.15) is 106 Å². The minimum absolute atomic E-state index is 0.0217. The molecule has 0 unspecified atom stereocenters. The van der Waals surface area contributed by atoms with Crippen LogP contribution in [0.2, 0.25) is 0 Å². The lowest BCUT2D eigenvalue weighted by Crippen LogP contribution is -2.68. The van der Waals surface area contributed by atoms with Crippen molar-refractivity contribution in [3.63, 3.8) is 0 Å². The Balaban J connectivity index is 1.17. The van der Waals surface area contributed by atoms with Crippen LogP contribution in [0, 0.1) is 50.2 Å². The maximum atomic E-state index is 14.8. The Labute approximate surface area is 337 Å². The molecule has 7 rings (SSSR count). The van der Waals surface area contributed by atoms with E-state index in [1.54, 1.807) is 0 Å². The highest BCUT2D eigenvalue weighted by molar-refractivity contribution is 5.95. The van der Waals surface area contributed by atoms with Gasteiger partial charge in [0.25, 0.3) is 0 Å². The number of hydrogen-bond acceptors (Lipinski definition) is 13. The molecule has 326 valence electrons. The predicted octanol–water partition coefficient (Wildman–Crippen LogP) is 2.25. The molecule has 0 bridgehead atoms. The summed E-state index contributed by atoms with van der Waals surface area (Å²) in [5.74, 6) is -4.47. The normalized spacial score (nSPS) is 52.6. The van der Waals surface area contributed by atoms with Gasteiger partial charge in [0.15, 0.2) is 30.6 Å². The van der Waals surface area contributed by atoms with Gasteiger partial charge in [0.2, 0.25) is 0 Å². The van der Waals surface area contributed by atoms with Gasteiger partial charge in [-0.2, -0.15) is 0 Å². The summed E-state index contributed by atoms with van der Waals surface area (Å²) >= 11 is 0. The van der Waals surface area contributed by atoms with Crippen LogP contribution in [0.4, 0.5) is 0 Å². The van der Waals surface area contributed by atoms with Gasteiger partial charge < -0.3 is 59.8 Å². The molecule has 0 aromatic rings. The van der Waals surface area contributed by atoms with Crippen molar-refractivity contribution in [1.82, 2.24) is 0 Å². The minimum Gasteiger partial charge on any atom is -0.481 e. The molecule has 0 radical (unpaired) electrons. The molecular weight excluding hydrogens is 760 g/mol. The van der Waals surface area contributed by atoms with Crippen molar-refractivity contribution in [2.75, 3.05) is 0 Å². The maximum absolute atomic E-state index is 14.8. The molecule has 0 spiro atoms. The fraction of sp³-hybridized carbons (Fsp3) is 0.857. The summed E-state index contributed by atoms with van der Waals surface area (Å²) in [7, 11) is 0. The highest BCUT2D eigenvalue weighted by Crippen LogP contribution is 2.75. The van der Waals surface area contributed by atoms with Crippen LogP contribution >= 0.6 is 0 Å². The molecule has 8 N–H and O–H groups in total. The molecule has 2 saturated heterocycles. The molecule has 5 aliphatic carbocycles. The van der Waals surface area contributed by atoms with E-state index < -0.39 is 107 Å². The van der Waals surface area contributed by atoms with Crippen molar-refractivity contribution in [2.24, 2.45) is 50.2 Å². The topological polar surface area (TPSA) is 267 Å². The van der Waals surface area contributed by atoms with E-state index in [4.69, 9.17) is 18.9 Å². The summed E-state index contributed by atoms with van der Waals surface area (Å²) in [6, 6.07) is 0. The van der Waals surface area contributed by atoms with Crippen molar-refractivity contribution in [1.29, 1.82) is 0 Å². The number of hydrogen-bond donors (Lipinski definition) is 8. The molecule has 4 saturated carbocycles. The van der Waals surface area contributed by atoms with Gasteiger partial charge in [0, 0.05) is 5.92 Å². The zero-order valence-electron chi connectivity index (χ0n) is 34.4. The summed E-state index contributed by atoms with van der Waals surface area (Å²) in [6.07, 6.45) is -12.2. The van der Waals surface area contributed by atoms with E-state index in [9.17, 15) is 60.0 Å². The Kier molecular flexibility index (Phi) is 10.7. The van der Waals surface area contributed by atoms with Crippen LogP contribution in [0.25, 0.3) is 0 Å². The zero-order chi connectivity index (χ0) is 42.9. The number of ether oxygens (including phenoxy) is 4. The number of ketones is 1. The number of aliphatic carboxylic acids is 3. The fourth-order valence-electron chi connectivity index (χ4n) is 13.4. The highest BCUT2D eigenvalue weighted by Gasteiger charge is 2.71. The van der Waals surface area contributed by atoms with Crippen LogP contribution in [0.5, 0.6) is 0 Å². The van der Waals surface area contributed by atoms with E-state index in [1.807, 2.05) is 26.8 Å². The second-order valence-corrected chi connectivity index (χ2v) is 20.6. The number of aliphatic hydroxyl groups is 5. The van der Waals surface area contributed by atoms with E-state index in [-0.39, 0.29) is 34.4 Å². The number of aliphatic hydroxyl groups excluding tert-OH is 5. The van der Waals surface area contributed by atoms with E-state index in [0.717, 1.165) is 37.7 Å². The van der Waals surface area contributed by atoms with Crippen molar-refractivity contribution in [3.05, 3.63) is 11.6 Å². The molecule has 0 aromatic carbocycles. The molecule has 16 nitrogen and oxygen atoms in total. The third kappa shape index (κ3) is 6.25. The third-order valence-electron chi connectivity index (χ3n) is 17.2. The lowest BCUT2D eigenvalue weighted by Gasteiger charge is -2.70. The van der Waals surface area contributed by atoms with Gasteiger partial charge in [-0.25, -0.2) is 9.59 Å². The maximum Gasteiger partial charge on any atom is 0.335 e. The quantitative estimate of drug-likeness (QED) is 0.171. The van der Waals surface area contributed by atoms with Crippen molar-refractivity contribution >= 4 is 23.7 Å². The largest absolute Gasteiger partial charge is 0.481 e. The smallest absolute Gasteiger partial charge is 0.335 e. The van der Waals surface area contributed by atoms with Crippen molar-refractivity contribution in [2.45, 2.75) is 174 Å². The van der Waals surface area contributed by atoms with Gasteiger partial charge in [-0.1, -0.05) is 47.1 Å². The predicted molar refractivity (Wildman–Crippen MR) is 199 cm³/mol. The summed E-state index contributed by atoms with van der Waals surface area (Å²) in [4.78, 5) is 51.3.